The summed E-state index contributed by atoms with van der Waals surface area (Å²) in [5.41, 5.74) is 1.48. The second-order valence-corrected chi connectivity index (χ2v) is 4.75. The maximum Gasteiger partial charge on any atom is 0.106 e. The summed E-state index contributed by atoms with van der Waals surface area (Å²) in [5.74, 6) is 0. The highest BCUT2D eigenvalue weighted by molar-refractivity contribution is 6.32. The monoisotopic (exact) mass is 268 g/mol. The first-order valence-electron chi connectivity index (χ1n) is 5.90. The van der Waals surface area contributed by atoms with E-state index < -0.39 is 12.2 Å². The van der Waals surface area contributed by atoms with E-state index in [2.05, 4.69) is 10.3 Å². The van der Waals surface area contributed by atoms with Crippen LogP contribution in [-0.4, -0.2) is 34.9 Å². The number of aromatic amines is 1. The molecule has 2 unspecified atom stereocenters. The Morgan fingerprint density at radius 3 is 2.89 bits per heavy atom. The fourth-order valence-electron chi connectivity index (χ4n) is 1.98. The fraction of sp³-hybridized carbons (Fsp3) is 0.385. The van der Waals surface area contributed by atoms with Crippen LogP contribution >= 0.6 is 11.6 Å². The van der Waals surface area contributed by atoms with Gasteiger partial charge in [0.25, 0.3) is 0 Å². The Bertz CT molecular complexity index is 527. The van der Waals surface area contributed by atoms with Crippen molar-refractivity contribution in [2.24, 2.45) is 0 Å². The lowest BCUT2D eigenvalue weighted by Crippen LogP contribution is -2.23. The third kappa shape index (κ3) is 2.67. The van der Waals surface area contributed by atoms with E-state index in [9.17, 15) is 10.2 Å². The molecule has 0 spiro atoms. The van der Waals surface area contributed by atoms with Gasteiger partial charge in [0.15, 0.2) is 0 Å². The van der Waals surface area contributed by atoms with Crippen molar-refractivity contribution in [3.63, 3.8) is 0 Å². The van der Waals surface area contributed by atoms with Crippen molar-refractivity contribution in [1.29, 1.82) is 0 Å². The van der Waals surface area contributed by atoms with E-state index in [-0.39, 0.29) is 0 Å². The van der Waals surface area contributed by atoms with Crippen LogP contribution in [0.3, 0.4) is 0 Å². The van der Waals surface area contributed by atoms with E-state index in [0.717, 1.165) is 10.9 Å². The van der Waals surface area contributed by atoms with Gasteiger partial charge in [-0.05, 0) is 43.6 Å². The van der Waals surface area contributed by atoms with Crippen LogP contribution in [0.25, 0.3) is 10.9 Å². The molecule has 0 saturated carbocycles. The first-order valence-corrected chi connectivity index (χ1v) is 6.28. The summed E-state index contributed by atoms with van der Waals surface area (Å²) in [6.07, 6.45) is 0.491. The molecule has 5 heteroatoms. The summed E-state index contributed by atoms with van der Waals surface area (Å²) in [5, 5.41) is 24.4. The summed E-state index contributed by atoms with van der Waals surface area (Å²) in [6.45, 7) is 0.641. The minimum atomic E-state index is -0.967. The molecule has 0 saturated heterocycles. The molecule has 1 aromatic heterocycles. The van der Waals surface area contributed by atoms with Crippen LogP contribution in [0, 0.1) is 0 Å². The Labute approximate surface area is 111 Å². The average molecular weight is 269 g/mol. The molecule has 0 aliphatic carbocycles. The third-order valence-corrected chi connectivity index (χ3v) is 3.37. The molecule has 0 amide bonds. The van der Waals surface area contributed by atoms with E-state index in [1.54, 1.807) is 19.2 Å². The Hall–Kier alpha value is -1.07. The predicted molar refractivity (Wildman–Crippen MR) is 72.8 cm³/mol. The van der Waals surface area contributed by atoms with Crippen LogP contribution < -0.4 is 5.32 Å². The lowest BCUT2D eigenvalue weighted by atomic mass is 10.0. The van der Waals surface area contributed by atoms with Gasteiger partial charge < -0.3 is 20.5 Å². The zero-order valence-corrected chi connectivity index (χ0v) is 10.9. The van der Waals surface area contributed by atoms with E-state index in [1.165, 1.54) is 0 Å². The number of fused-ring (bicyclic) bond motifs is 1. The first kappa shape index (κ1) is 13.4. The Morgan fingerprint density at radius 2 is 2.17 bits per heavy atom. The Balaban J connectivity index is 2.25. The van der Waals surface area contributed by atoms with Crippen molar-refractivity contribution in [2.75, 3.05) is 13.6 Å². The van der Waals surface area contributed by atoms with Gasteiger partial charge in [0.05, 0.1) is 6.10 Å². The highest BCUT2D eigenvalue weighted by atomic mass is 35.5. The maximum atomic E-state index is 10.1. The quantitative estimate of drug-likeness (QED) is 0.669. The Kier molecular flexibility index (Phi) is 4.24. The number of aliphatic hydroxyl groups excluding tert-OH is 2. The molecule has 18 heavy (non-hydrogen) atoms. The van der Waals surface area contributed by atoms with Crippen LogP contribution in [0.1, 0.15) is 18.1 Å². The average Bonchev–Trinajstić information content (AvgIpc) is 2.81. The molecule has 0 bridgehead atoms. The molecule has 4 N–H and O–H groups in total. The SMILES string of the molecule is CNCCC(O)C(O)c1cc2cc[nH]c2cc1Cl. The molecule has 2 atom stereocenters. The summed E-state index contributed by atoms with van der Waals surface area (Å²) >= 11 is 6.13. The zero-order chi connectivity index (χ0) is 13.1. The summed E-state index contributed by atoms with van der Waals surface area (Å²) in [6, 6.07) is 5.48. The van der Waals surface area contributed by atoms with Crippen LogP contribution in [0.15, 0.2) is 24.4 Å². The molecule has 0 aliphatic heterocycles. The topological polar surface area (TPSA) is 68.3 Å². The summed E-state index contributed by atoms with van der Waals surface area (Å²) < 4.78 is 0. The van der Waals surface area contributed by atoms with E-state index in [4.69, 9.17) is 11.6 Å². The van der Waals surface area contributed by atoms with Gasteiger partial charge in [-0.2, -0.15) is 0 Å². The van der Waals surface area contributed by atoms with Crippen molar-refractivity contribution < 1.29 is 10.2 Å². The number of aliphatic hydroxyl groups is 2. The smallest absolute Gasteiger partial charge is 0.106 e. The van der Waals surface area contributed by atoms with Crippen LogP contribution in [-0.2, 0) is 0 Å². The number of rotatable bonds is 5. The molecule has 0 radical (unpaired) electrons. The van der Waals surface area contributed by atoms with E-state index in [0.29, 0.717) is 23.6 Å². The number of H-pyrrole nitrogens is 1. The third-order valence-electron chi connectivity index (χ3n) is 3.04. The van der Waals surface area contributed by atoms with Crippen LogP contribution in [0.5, 0.6) is 0 Å². The highest BCUT2D eigenvalue weighted by Gasteiger charge is 2.21. The lowest BCUT2D eigenvalue weighted by molar-refractivity contribution is 0.0141. The van der Waals surface area contributed by atoms with Crippen molar-refractivity contribution in [1.82, 2.24) is 10.3 Å². The minimum Gasteiger partial charge on any atom is -0.390 e. The molecule has 4 nitrogen and oxygen atoms in total. The predicted octanol–water partition coefficient (Wildman–Crippen LogP) is 1.83. The molecule has 2 rings (SSSR count). The van der Waals surface area contributed by atoms with Gasteiger partial charge >= 0.3 is 0 Å². The molecule has 98 valence electrons. The van der Waals surface area contributed by atoms with E-state index in [1.807, 2.05) is 12.3 Å². The summed E-state index contributed by atoms with van der Waals surface area (Å²) in [4.78, 5) is 3.05. The van der Waals surface area contributed by atoms with Crippen LogP contribution in [0.4, 0.5) is 0 Å². The van der Waals surface area contributed by atoms with Gasteiger partial charge in [-0.3, -0.25) is 0 Å². The van der Waals surface area contributed by atoms with Crippen molar-refractivity contribution >= 4 is 22.5 Å². The molecule has 1 aromatic carbocycles. The Morgan fingerprint density at radius 1 is 1.39 bits per heavy atom. The highest BCUT2D eigenvalue weighted by Crippen LogP contribution is 2.30. The first-order chi connectivity index (χ1) is 8.63. The largest absolute Gasteiger partial charge is 0.390 e. The van der Waals surface area contributed by atoms with E-state index >= 15 is 0 Å². The van der Waals surface area contributed by atoms with Crippen molar-refractivity contribution in [3.8, 4) is 0 Å². The molecule has 0 aliphatic rings. The van der Waals surface area contributed by atoms with Crippen molar-refractivity contribution in [3.05, 3.63) is 35.0 Å². The number of aromatic nitrogens is 1. The summed E-state index contributed by atoms with van der Waals surface area (Å²) in [7, 11) is 1.80. The van der Waals surface area contributed by atoms with Gasteiger partial charge in [0.1, 0.15) is 6.10 Å². The normalized spacial score (nSPS) is 14.9. The van der Waals surface area contributed by atoms with Gasteiger partial charge in [-0.25, -0.2) is 0 Å². The van der Waals surface area contributed by atoms with Gasteiger partial charge in [-0.1, -0.05) is 11.6 Å². The second-order valence-electron chi connectivity index (χ2n) is 4.34. The zero-order valence-electron chi connectivity index (χ0n) is 10.2. The lowest BCUT2D eigenvalue weighted by Gasteiger charge is -2.19. The number of benzene rings is 1. The second kappa shape index (κ2) is 5.71. The number of hydrogen-bond acceptors (Lipinski definition) is 3. The van der Waals surface area contributed by atoms with Gasteiger partial charge in [0.2, 0.25) is 0 Å². The number of hydrogen-bond donors (Lipinski definition) is 4. The number of nitrogens with one attached hydrogen (secondary N) is 2. The molecular formula is C13H17ClN2O2. The molecule has 1 heterocycles. The van der Waals surface area contributed by atoms with Gasteiger partial charge in [-0.15, -0.1) is 0 Å². The van der Waals surface area contributed by atoms with Crippen molar-refractivity contribution in [2.45, 2.75) is 18.6 Å². The standard InChI is InChI=1S/C13H17ClN2O2/c1-15-4-3-12(17)13(18)9-6-8-2-5-16-11(8)7-10(9)14/h2,5-7,12-13,15-18H,3-4H2,1H3. The number of halogens is 1. The maximum absolute atomic E-state index is 10.1. The van der Waals surface area contributed by atoms with Crippen LogP contribution in [0.2, 0.25) is 5.02 Å². The minimum absolute atomic E-state index is 0.459. The van der Waals surface area contributed by atoms with Gasteiger partial charge in [0, 0.05) is 22.3 Å². The fourth-order valence-corrected chi connectivity index (χ4v) is 2.25. The molecule has 2 aromatic rings. The molecular weight excluding hydrogens is 252 g/mol. The molecule has 0 fully saturated rings.